The monoisotopic (exact) mass is 302 g/mol. The molecular weight excluding hydrogens is 283 g/mol. The molecule has 1 saturated heterocycles. The van der Waals surface area contributed by atoms with Crippen LogP contribution in [0, 0.1) is 0 Å². The number of likely N-dealkylation sites (N-methyl/N-ethyl adjacent to an activating group) is 1. The predicted molar refractivity (Wildman–Crippen MR) is 81.6 cm³/mol. The molecule has 0 atom stereocenters. The van der Waals surface area contributed by atoms with Crippen LogP contribution < -0.4 is 5.46 Å². The van der Waals surface area contributed by atoms with Crippen LogP contribution in [0.25, 0.3) is 0 Å². The van der Waals surface area contributed by atoms with Gasteiger partial charge < -0.3 is 19.5 Å². The fraction of sp³-hybridized carbons (Fsp3) is 0.467. The Morgan fingerprint density at radius 3 is 2.82 bits per heavy atom. The van der Waals surface area contributed by atoms with Crippen molar-refractivity contribution in [1.29, 1.82) is 0 Å². The van der Waals surface area contributed by atoms with Crippen molar-refractivity contribution in [3.63, 3.8) is 0 Å². The molecule has 116 valence electrons. The van der Waals surface area contributed by atoms with Gasteiger partial charge in [0.05, 0.1) is 6.61 Å². The first kappa shape index (κ1) is 15.1. The second-order valence-corrected chi connectivity index (χ2v) is 6.32. The molecule has 0 unspecified atom stereocenters. The predicted octanol–water partition coefficient (Wildman–Crippen LogP) is -0.403. The molecule has 1 fully saturated rings. The van der Waals surface area contributed by atoms with Crippen molar-refractivity contribution in [2.24, 2.45) is 0 Å². The minimum Gasteiger partial charge on any atom is -0.423 e. The standard InChI is InChI=1S/C15H19BN2O4/c1-15(2)14(20)17(3)6-7-18(15)13(19)10-4-5-12-11(8-10)9-22-16(12)21/h4-5,8,21H,6-7,9H2,1-3H3. The van der Waals surface area contributed by atoms with E-state index in [-0.39, 0.29) is 11.8 Å². The van der Waals surface area contributed by atoms with Gasteiger partial charge in [-0.05, 0) is 37.0 Å². The molecule has 0 saturated carbocycles. The van der Waals surface area contributed by atoms with Gasteiger partial charge in [-0.1, -0.05) is 6.07 Å². The van der Waals surface area contributed by atoms with Crippen molar-refractivity contribution in [3.8, 4) is 0 Å². The lowest BCUT2D eigenvalue weighted by molar-refractivity contribution is -0.144. The molecule has 22 heavy (non-hydrogen) atoms. The van der Waals surface area contributed by atoms with Gasteiger partial charge >= 0.3 is 7.12 Å². The summed E-state index contributed by atoms with van der Waals surface area (Å²) in [6.07, 6.45) is 0. The summed E-state index contributed by atoms with van der Waals surface area (Å²) in [5, 5.41) is 9.64. The van der Waals surface area contributed by atoms with Crippen LogP contribution in [0.4, 0.5) is 0 Å². The van der Waals surface area contributed by atoms with E-state index in [1.54, 1.807) is 48.9 Å². The van der Waals surface area contributed by atoms with E-state index < -0.39 is 12.7 Å². The van der Waals surface area contributed by atoms with Crippen LogP contribution >= 0.6 is 0 Å². The highest BCUT2D eigenvalue weighted by Crippen LogP contribution is 2.24. The van der Waals surface area contributed by atoms with Crippen LogP contribution in [0.15, 0.2) is 18.2 Å². The molecule has 2 amide bonds. The second-order valence-electron chi connectivity index (χ2n) is 6.32. The Bertz CT molecular complexity index is 646. The smallest absolute Gasteiger partial charge is 0.423 e. The summed E-state index contributed by atoms with van der Waals surface area (Å²) in [6.45, 7) is 4.86. The topological polar surface area (TPSA) is 70.1 Å². The first-order valence-electron chi connectivity index (χ1n) is 7.32. The summed E-state index contributed by atoms with van der Waals surface area (Å²) in [7, 11) is 0.834. The summed E-state index contributed by atoms with van der Waals surface area (Å²) in [5.41, 5.74) is 1.17. The zero-order chi connectivity index (χ0) is 16.1. The van der Waals surface area contributed by atoms with Crippen LogP contribution in [0.5, 0.6) is 0 Å². The Hall–Kier alpha value is -1.86. The van der Waals surface area contributed by atoms with Crippen molar-refractivity contribution in [2.45, 2.75) is 26.0 Å². The molecule has 0 bridgehead atoms. The van der Waals surface area contributed by atoms with E-state index in [4.69, 9.17) is 4.65 Å². The Kier molecular flexibility index (Phi) is 3.49. The van der Waals surface area contributed by atoms with Gasteiger partial charge in [-0.2, -0.15) is 0 Å². The lowest BCUT2D eigenvalue weighted by Crippen LogP contribution is -2.63. The molecule has 0 aliphatic carbocycles. The van der Waals surface area contributed by atoms with Crippen LogP contribution in [-0.4, -0.2) is 59.4 Å². The van der Waals surface area contributed by atoms with Gasteiger partial charge in [-0.15, -0.1) is 0 Å². The number of nitrogens with zero attached hydrogens (tertiary/aromatic N) is 2. The number of carbonyl (C=O) groups is 2. The van der Waals surface area contributed by atoms with Crippen molar-refractivity contribution < 1.29 is 19.3 Å². The molecule has 1 aromatic rings. The summed E-state index contributed by atoms with van der Waals surface area (Å²) in [6, 6.07) is 5.13. The Labute approximate surface area is 129 Å². The van der Waals surface area contributed by atoms with E-state index in [0.29, 0.717) is 30.7 Å². The zero-order valence-corrected chi connectivity index (χ0v) is 13.0. The Morgan fingerprint density at radius 1 is 1.36 bits per heavy atom. The second kappa shape index (κ2) is 5.10. The molecule has 0 radical (unpaired) electrons. The molecule has 1 N–H and O–H groups in total. The number of fused-ring (bicyclic) bond motifs is 1. The highest BCUT2D eigenvalue weighted by Gasteiger charge is 2.43. The number of amides is 2. The molecule has 2 aliphatic rings. The quantitative estimate of drug-likeness (QED) is 0.717. The maximum atomic E-state index is 12.8. The lowest BCUT2D eigenvalue weighted by Gasteiger charge is -2.44. The molecule has 2 aliphatic heterocycles. The van der Waals surface area contributed by atoms with Gasteiger partial charge in [0.25, 0.3) is 5.91 Å². The third kappa shape index (κ3) is 2.21. The van der Waals surface area contributed by atoms with Gasteiger partial charge in [0.15, 0.2) is 0 Å². The Morgan fingerprint density at radius 2 is 2.09 bits per heavy atom. The molecule has 3 rings (SSSR count). The molecule has 7 heteroatoms. The number of rotatable bonds is 1. The van der Waals surface area contributed by atoms with Crippen LogP contribution in [0.3, 0.4) is 0 Å². The van der Waals surface area contributed by atoms with E-state index in [2.05, 4.69) is 0 Å². The fourth-order valence-electron chi connectivity index (χ4n) is 3.09. The zero-order valence-electron chi connectivity index (χ0n) is 13.0. The van der Waals surface area contributed by atoms with Crippen molar-refractivity contribution >= 4 is 24.4 Å². The number of hydrogen-bond donors (Lipinski definition) is 1. The third-order valence-electron chi connectivity index (χ3n) is 4.50. The van der Waals surface area contributed by atoms with Crippen molar-refractivity contribution in [2.75, 3.05) is 20.1 Å². The molecule has 0 spiro atoms. The van der Waals surface area contributed by atoms with Crippen LogP contribution in [0.1, 0.15) is 29.8 Å². The SMILES string of the molecule is CN1CCN(C(=O)c2ccc3c(c2)COB3O)C(C)(C)C1=O. The molecule has 1 aromatic carbocycles. The average molecular weight is 302 g/mol. The number of hydrogen-bond acceptors (Lipinski definition) is 4. The summed E-state index contributed by atoms with van der Waals surface area (Å²) in [5.74, 6) is -0.234. The molecule has 0 aromatic heterocycles. The van der Waals surface area contributed by atoms with E-state index >= 15 is 0 Å². The van der Waals surface area contributed by atoms with E-state index in [0.717, 1.165) is 5.56 Å². The first-order valence-corrected chi connectivity index (χ1v) is 7.32. The van der Waals surface area contributed by atoms with Gasteiger partial charge in [0, 0.05) is 25.7 Å². The van der Waals surface area contributed by atoms with Gasteiger partial charge in [0.2, 0.25) is 5.91 Å². The molecular formula is C15H19BN2O4. The third-order valence-corrected chi connectivity index (χ3v) is 4.50. The van der Waals surface area contributed by atoms with Crippen molar-refractivity contribution in [1.82, 2.24) is 9.80 Å². The van der Waals surface area contributed by atoms with Crippen LogP contribution in [-0.2, 0) is 16.1 Å². The molecule has 6 nitrogen and oxygen atoms in total. The van der Waals surface area contributed by atoms with E-state index in [1.807, 2.05) is 0 Å². The van der Waals surface area contributed by atoms with E-state index in [9.17, 15) is 14.6 Å². The summed E-state index contributed by atoms with van der Waals surface area (Å²) >= 11 is 0. The van der Waals surface area contributed by atoms with Gasteiger partial charge in [0.1, 0.15) is 5.54 Å². The minimum absolute atomic E-state index is 0.0629. The Balaban J connectivity index is 1.90. The lowest BCUT2D eigenvalue weighted by atomic mass is 9.79. The number of piperazine rings is 1. The molecule has 2 heterocycles. The fourth-order valence-corrected chi connectivity index (χ4v) is 3.09. The van der Waals surface area contributed by atoms with Gasteiger partial charge in [-0.25, -0.2) is 0 Å². The number of benzene rings is 1. The normalized spacial score (nSPS) is 20.4. The van der Waals surface area contributed by atoms with E-state index in [1.165, 1.54) is 0 Å². The van der Waals surface area contributed by atoms with Crippen molar-refractivity contribution in [3.05, 3.63) is 29.3 Å². The maximum absolute atomic E-state index is 12.8. The number of carbonyl (C=O) groups excluding carboxylic acids is 2. The van der Waals surface area contributed by atoms with Crippen LogP contribution in [0.2, 0.25) is 0 Å². The van der Waals surface area contributed by atoms with Gasteiger partial charge in [-0.3, -0.25) is 9.59 Å². The largest absolute Gasteiger partial charge is 0.491 e. The first-order chi connectivity index (χ1) is 10.3. The summed E-state index contributed by atoms with van der Waals surface area (Å²) < 4.78 is 5.15. The summed E-state index contributed by atoms with van der Waals surface area (Å²) in [4.78, 5) is 28.4. The highest BCUT2D eigenvalue weighted by atomic mass is 16.5. The average Bonchev–Trinajstić information content (AvgIpc) is 2.85. The maximum Gasteiger partial charge on any atom is 0.491 e. The highest BCUT2D eigenvalue weighted by molar-refractivity contribution is 6.61. The minimum atomic E-state index is -0.916.